The molecule has 0 aromatic carbocycles. The van der Waals surface area contributed by atoms with Crippen LogP contribution in [0.15, 0.2) is 4.47 Å². The van der Waals surface area contributed by atoms with Crippen molar-refractivity contribution >= 4 is 21.7 Å². The van der Waals surface area contributed by atoms with Crippen LogP contribution in [0.3, 0.4) is 0 Å². The molecule has 1 aliphatic heterocycles. The number of aromatic nitrogens is 2. The summed E-state index contributed by atoms with van der Waals surface area (Å²) < 4.78 is 6.98. The third-order valence-corrected chi connectivity index (χ3v) is 4.60. The Bertz CT molecular complexity index is 505. The molecule has 118 valence electrons. The summed E-state index contributed by atoms with van der Waals surface area (Å²) in [5.74, 6) is 1.66. The molecule has 0 spiro atoms. The van der Waals surface area contributed by atoms with Crippen LogP contribution >= 0.6 is 15.9 Å². The molecule has 1 fully saturated rings. The molecule has 21 heavy (non-hydrogen) atoms. The average molecular weight is 356 g/mol. The zero-order valence-electron chi connectivity index (χ0n) is 13.7. The fourth-order valence-corrected chi connectivity index (χ4v) is 3.49. The summed E-state index contributed by atoms with van der Waals surface area (Å²) in [6, 6.07) is 0. The van der Waals surface area contributed by atoms with Gasteiger partial charge in [-0.2, -0.15) is 0 Å². The number of anilines is 1. The van der Waals surface area contributed by atoms with E-state index in [2.05, 4.69) is 55.9 Å². The molecule has 1 atom stereocenters. The van der Waals surface area contributed by atoms with Gasteiger partial charge >= 0.3 is 0 Å². The van der Waals surface area contributed by atoms with Gasteiger partial charge in [-0.3, -0.25) is 0 Å². The van der Waals surface area contributed by atoms with Gasteiger partial charge in [0.25, 0.3) is 0 Å². The number of hydrogen-bond acceptors (Lipinski definition) is 4. The van der Waals surface area contributed by atoms with E-state index < -0.39 is 0 Å². The first-order valence-corrected chi connectivity index (χ1v) is 8.53. The zero-order valence-corrected chi connectivity index (χ0v) is 15.3. The normalized spacial score (nSPS) is 23.1. The first-order chi connectivity index (χ1) is 9.78. The van der Waals surface area contributed by atoms with Gasteiger partial charge in [-0.25, -0.2) is 9.97 Å². The largest absolute Gasteiger partial charge is 0.369 e. The highest BCUT2D eigenvalue weighted by Crippen LogP contribution is 2.38. The maximum atomic E-state index is 6.02. The number of rotatable bonds is 3. The summed E-state index contributed by atoms with van der Waals surface area (Å²) in [4.78, 5) is 9.60. The van der Waals surface area contributed by atoms with E-state index in [0.717, 1.165) is 54.2 Å². The molecule has 0 saturated carbocycles. The van der Waals surface area contributed by atoms with Crippen LogP contribution in [-0.4, -0.2) is 23.1 Å². The van der Waals surface area contributed by atoms with Gasteiger partial charge in [0.2, 0.25) is 0 Å². The van der Waals surface area contributed by atoms with Crippen LogP contribution in [-0.2, 0) is 15.8 Å². The molecule has 5 heteroatoms. The minimum absolute atomic E-state index is 0.0499. The second-order valence-corrected chi connectivity index (χ2v) is 7.67. The fourth-order valence-electron chi connectivity index (χ4n) is 2.58. The van der Waals surface area contributed by atoms with Crippen molar-refractivity contribution in [2.75, 3.05) is 18.5 Å². The van der Waals surface area contributed by atoms with Crippen LogP contribution in [0.4, 0.5) is 5.82 Å². The van der Waals surface area contributed by atoms with Crippen molar-refractivity contribution in [2.24, 2.45) is 0 Å². The van der Waals surface area contributed by atoms with E-state index >= 15 is 0 Å². The topological polar surface area (TPSA) is 47.0 Å². The smallest absolute Gasteiger partial charge is 0.162 e. The van der Waals surface area contributed by atoms with Gasteiger partial charge in [0.15, 0.2) is 5.82 Å². The van der Waals surface area contributed by atoms with Crippen LogP contribution in [0.2, 0.25) is 0 Å². The SMILES string of the molecule is CCNc1nc(C2(C)CCCCO2)nc(C(C)(C)C)c1Br. The zero-order chi connectivity index (χ0) is 15.7. The van der Waals surface area contributed by atoms with Gasteiger partial charge in [0.1, 0.15) is 11.4 Å². The average Bonchev–Trinajstić information content (AvgIpc) is 2.40. The fraction of sp³-hybridized carbons (Fsp3) is 0.750. The number of halogens is 1. The van der Waals surface area contributed by atoms with Gasteiger partial charge in [0.05, 0.1) is 10.2 Å². The molecular formula is C16H26BrN3O. The first kappa shape index (κ1) is 16.7. The lowest BCUT2D eigenvalue weighted by Gasteiger charge is -2.34. The lowest BCUT2D eigenvalue weighted by atomic mass is 9.90. The molecule has 0 amide bonds. The van der Waals surface area contributed by atoms with E-state index in [1.165, 1.54) is 0 Å². The van der Waals surface area contributed by atoms with Crippen molar-refractivity contribution in [3.05, 3.63) is 16.0 Å². The van der Waals surface area contributed by atoms with Gasteiger partial charge in [-0.15, -0.1) is 0 Å². The second kappa shape index (κ2) is 6.21. The highest BCUT2D eigenvalue weighted by Gasteiger charge is 2.35. The predicted molar refractivity (Wildman–Crippen MR) is 89.8 cm³/mol. The molecule has 0 bridgehead atoms. The minimum atomic E-state index is -0.372. The number of nitrogens with one attached hydrogen (secondary N) is 1. The Balaban J connectivity index is 2.53. The van der Waals surface area contributed by atoms with E-state index in [4.69, 9.17) is 14.7 Å². The van der Waals surface area contributed by atoms with Crippen molar-refractivity contribution in [2.45, 2.75) is 64.9 Å². The van der Waals surface area contributed by atoms with Crippen LogP contribution in [0, 0.1) is 0 Å². The molecule has 1 aliphatic rings. The molecule has 4 nitrogen and oxygen atoms in total. The standard InChI is InChI=1S/C16H26BrN3O/c1-6-18-13-11(17)12(15(2,3)4)19-14(20-13)16(5)9-7-8-10-21-16/h6-10H2,1-5H3,(H,18,19,20). The number of ether oxygens (including phenoxy) is 1. The summed E-state index contributed by atoms with van der Waals surface area (Å²) in [6.45, 7) is 12.3. The Morgan fingerprint density at radius 1 is 1.29 bits per heavy atom. The van der Waals surface area contributed by atoms with Crippen molar-refractivity contribution in [1.82, 2.24) is 9.97 Å². The Morgan fingerprint density at radius 3 is 2.52 bits per heavy atom. The van der Waals surface area contributed by atoms with Gasteiger partial charge in [-0.05, 0) is 49.0 Å². The maximum absolute atomic E-state index is 6.02. The summed E-state index contributed by atoms with van der Waals surface area (Å²) in [5.41, 5.74) is 0.605. The summed E-state index contributed by atoms with van der Waals surface area (Å²) in [6.07, 6.45) is 3.26. The Labute approximate surface area is 136 Å². The van der Waals surface area contributed by atoms with Crippen molar-refractivity contribution in [3.63, 3.8) is 0 Å². The van der Waals surface area contributed by atoms with Gasteiger partial charge < -0.3 is 10.1 Å². The van der Waals surface area contributed by atoms with Crippen LogP contribution < -0.4 is 5.32 Å². The van der Waals surface area contributed by atoms with Crippen LogP contribution in [0.5, 0.6) is 0 Å². The van der Waals surface area contributed by atoms with Gasteiger partial charge in [0, 0.05) is 18.6 Å². The predicted octanol–water partition coefficient (Wildman–Crippen LogP) is 4.38. The second-order valence-electron chi connectivity index (χ2n) is 6.88. The van der Waals surface area contributed by atoms with Crippen molar-refractivity contribution in [3.8, 4) is 0 Å². The molecule has 2 rings (SSSR count). The lowest BCUT2D eigenvalue weighted by molar-refractivity contribution is -0.0761. The van der Waals surface area contributed by atoms with Crippen molar-refractivity contribution in [1.29, 1.82) is 0 Å². The quantitative estimate of drug-likeness (QED) is 0.873. The highest BCUT2D eigenvalue weighted by atomic mass is 79.9. The first-order valence-electron chi connectivity index (χ1n) is 7.74. The van der Waals surface area contributed by atoms with E-state index in [1.54, 1.807) is 0 Å². The Kier molecular flexibility index (Phi) is 4.93. The molecule has 2 heterocycles. The third kappa shape index (κ3) is 3.57. The summed E-state index contributed by atoms with van der Waals surface area (Å²) in [7, 11) is 0. The van der Waals surface area contributed by atoms with E-state index in [0.29, 0.717) is 0 Å². The summed E-state index contributed by atoms with van der Waals surface area (Å²) in [5, 5.41) is 3.33. The van der Waals surface area contributed by atoms with Crippen molar-refractivity contribution < 1.29 is 4.74 Å². The van der Waals surface area contributed by atoms with Crippen LogP contribution in [0.1, 0.15) is 65.4 Å². The highest BCUT2D eigenvalue weighted by molar-refractivity contribution is 9.10. The van der Waals surface area contributed by atoms with E-state index in [-0.39, 0.29) is 11.0 Å². The van der Waals surface area contributed by atoms with E-state index in [1.807, 2.05) is 0 Å². The molecule has 1 aromatic rings. The minimum Gasteiger partial charge on any atom is -0.369 e. The van der Waals surface area contributed by atoms with Crippen LogP contribution in [0.25, 0.3) is 0 Å². The molecule has 1 N–H and O–H groups in total. The molecule has 0 radical (unpaired) electrons. The Morgan fingerprint density at radius 2 is 2.00 bits per heavy atom. The van der Waals surface area contributed by atoms with E-state index in [9.17, 15) is 0 Å². The molecule has 0 aliphatic carbocycles. The third-order valence-electron chi connectivity index (χ3n) is 3.85. The molecular weight excluding hydrogens is 330 g/mol. The molecule has 1 aromatic heterocycles. The summed E-state index contributed by atoms with van der Waals surface area (Å²) >= 11 is 3.67. The number of nitrogens with zero attached hydrogens (tertiary/aromatic N) is 2. The van der Waals surface area contributed by atoms with Gasteiger partial charge in [-0.1, -0.05) is 20.8 Å². The maximum Gasteiger partial charge on any atom is 0.162 e. The monoisotopic (exact) mass is 355 g/mol. The molecule has 1 unspecified atom stereocenters. The lowest BCUT2D eigenvalue weighted by Crippen LogP contribution is -2.34. The molecule has 1 saturated heterocycles. The Hall–Kier alpha value is -0.680. The number of hydrogen-bond donors (Lipinski definition) is 1.